The lowest BCUT2D eigenvalue weighted by molar-refractivity contribution is -0.274. The molecule has 0 radical (unpaired) electrons. The van der Waals surface area contributed by atoms with E-state index < -0.39 is 6.36 Å². The van der Waals surface area contributed by atoms with E-state index in [0.29, 0.717) is 18.7 Å². The van der Waals surface area contributed by atoms with Crippen LogP contribution in [0.25, 0.3) is 0 Å². The van der Waals surface area contributed by atoms with Crippen LogP contribution >= 0.6 is 0 Å². The van der Waals surface area contributed by atoms with Crippen molar-refractivity contribution in [2.24, 2.45) is 5.92 Å². The van der Waals surface area contributed by atoms with Crippen molar-refractivity contribution in [3.05, 3.63) is 29.8 Å². The van der Waals surface area contributed by atoms with E-state index in [-0.39, 0.29) is 30.3 Å². The topological polar surface area (TPSA) is 61.8 Å². The predicted molar refractivity (Wildman–Crippen MR) is 81.5 cm³/mol. The number of aliphatic hydroxyl groups excluding tert-OH is 1. The van der Waals surface area contributed by atoms with Crippen LogP contribution in [0.5, 0.6) is 5.75 Å². The van der Waals surface area contributed by atoms with Gasteiger partial charge in [-0.1, -0.05) is 12.1 Å². The molecular weight excluding hydrogens is 325 g/mol. The number of piperidine rings is 1. The number of carbonyl (C=O) groups is 1. The molecule has 2 N–H and O–H groups in total. The van der Waals surface area contributed by atoms with E-state index in [4.69, 9.17) is 0 Å². The van der Waals surface area contributed by atoms with Crippen LogP contribution in [-0.4, -0.2) is 42.1 Å². The van der Waals surface area contributed by atoms with E-state index in [1.54, 1.807) is 11.8 Å². The molecule has 1 fully saturated rings. The number of benzene rings is 1. The summed E-state index contributed by atoms with van der Waals surface area (Å²) < 4.78 is 40.2. The first-order valence-electron chi connectivity index (χ1n) is 7.80. The van der Waals surface area contributed by atoms with Gasteiger partial charge >= 0.3 is 12.4 Å². The van der Waals surface area contributed by atoms with Crippen molar-refractivity contribution in [3.63, 3.8) is 0 Å². The van der Waals surface area contributed by atoms with E-state index in [0.717, 1.165) is 12.8 Å². The van der Waals surface area contributed by atoms with Crippen LogP contribution in [0.2, 0.25) is 0 Å². The summed E-state index contributed by atoms with van der Waals surface area (Å²) in [6.45, 7) is 2.95. The number of carbonyl (C=O) groups excluding carboxylic acids is 1. The van der Waals surface area contributed by atoms with Crippen LogP contribution in [-0.2, 0) is 0 Å². The third-order valence-electron chi connectivity index (χ3n) is 4.02. The zero-order valence-corrected chi connectivity index (χ0v) is 13.3. The number of likely N-dealkylation sites (tertiary alicyclic amines) is 1. The summed E-state index contributed by atoms with van der Waals surface area (Å²) in [4.78, 5) is 13.9. The van der Waals surface area contributed by atoms with Crippen molar-refractivity contribution >= 4 is 6.03 Å². The molecule has 134 valence electrons. The van der Waals surface area contributed by atoms with Gasteiger partial charge in [-0.15, -0.1) is 13.2 Å². The second kappa shape index (κ2) is 7.74. The molecule has 1 saturated heterocycles. The van der Waals surface area contributed by atoms with Gasteiger partial charge < -0.3 is 20.1 Å². The third-order valence-corrected chi connectivity index (χ3v) is 4.02. The summed E-state index contributed by atoms with van der Waals surface area (Å²) >= 11 is 0. The van der Waals surface area contributed by atoms with Crippen LogP contribution in [0.3, 0.4) is 0 Å². The molecule has 0 unspecified atom stereocenters. The fourth-order valence-corrected chi connectivity index (χ4v) is 2.72. The highest BCUT2D eigenvalue weighted by molar-refractivity contribution is 5.74. The Morgan fingerprint density at radius 1 is 1.42 bits per heavy atom. The molecule has 1 aliphatic rings. The monoisotopic (exact) mass is 346 g/mol. The lowest BCUT2D eigenvalue weighted by Crippen LogP contribution is -2.46. The number of urea groups is 1. The summed E-state index contributed by atoms with van der Waals surface area (Å²) in [6.07, 6.45) is -2.98. The Hall–Kier alpha value is -1.96. The average Bonchev–Trinajstić information content (AvgIpc) is 2.54. The fraction of sp³-hybridized carbons (Fsp3) is 0.562. The highest BCUT2D eigenvalue weighted by Gasteiger charge is 2.31. The first-order valence-corrected chi connectivity index (χ1v) is 7.80. The number of halogens is 3. The maximum Gasteiger partial charge on any atom is 0.573 e. The zero-order valence-electron chi connectivity index (χ0n) is 13.3. The van der Waals surface area contributed by atoms with Crippen LogP contribution in [0.4, 0.5) is 18.0 Å². The standard InChI is InChI=1S/C16H21F3N2O3/c1-11(13-4-6-14(7-5-13)24-16(17,18)19)20-15(23)21-8-2-3-12(9-21)10-22/h4-7,11-12,22H,2-3,8-10H2,1H3,(H,20,23)/t11-,12+/m0/s1. The molecule has 1 heterocycles. The van der Waals surface area contributed by atoms with Crippen molar-refractivity contribution in [2.75, 3.05) is 19.7 Å². The molecule has 2 rings (SSSR count). The first-order chi connectivity index (χ1) is 11.3. The molecule has 0 bridgehead atoms. The van der Waals surface area contributed by atoms with Crippen LogP contribution in [0, 0.1) is 5.92 Å². The van der Waals surface area contributed by atoms with Crippen molar-refractivity contribution in [3.8, 4) is 5.75 Å². The Labute approximate surface area is 138 Å². The second-order valence-corrected chi connectivity index (χ2v) is 5.92. The molecule has 0 aromatic heterocycles. The molecule has 0 aliphatic carbocycles. The molecule has 0 spiro atoms. The number of hydrogen-bond donors (Lipinski definition) is 2. The van der Waals surface area contributed by atoms with E-state index in [2.05, 4.69) is 10.1 Å². The molecule has 1 aromatic rings. The molecular formula is C16H21F3N2O3. The van der Waals surface area contributed by atoms with Gasteiger partial charge in [0.1, 0.15) is 5.75 Å². The van der Waals surface area contributed by atoms with Crippen LogP contribution in [0.1, 0.15) is 31.4 Å². The van der Waals surface area contributed by atoms with Crippen LogP contribution in [0.15, 0.2) is 24.3 Å². The molecule has 0 saturated carbocycles. The minimum Gasteiger partial charge on any atom is -0.406 e. The summed E-state index contributed by atoms with van der Waals surface area (Å²) in [5, 5.41) is 12.0. The van der Waals surface area contributed by atoms with E-state index in [1.165, 1.54) is 24.3 Å². The quantitative estimate of drug-likeness (QED) is 0.881. The van der Waals surface area contributed by atoms with E-state index in [1.807, 2.05) is 0 Å². The number of nitrogens with one attached hydrogen (secondary N) is 1. The van der Waals surface area contributed by atoms with Gasteiger partial charge in [0.05, 0.1) is 6.04 Å². The molecule has 8 heteroatoms. The van der Waals surface area contributed by atoms with Gasteiger partial charge in [0.15, 0.2) is 0 Å². The molecule has 2 amide bonds. The average molecular weight is 346 g/mol. The fourth-order valence-electron chi connectivity index (χ4n) is 2.72. The molecule has 2 atom stereocenters. The highest BCUT2D eigenvalue weighted by Crippen LogP contribution is 2.24. The number of nitrogens with zero attached hydrogens (tertiary/aromatic N) is 1. The maximum atomic E-state index is 12.3. The molecule has 24 heavy (non-hydrogen) atoms. The largest absolute Gasteiger partial charge is 0.573 e. The summed E-state index contributed by atoms with van der Waals surface area (Å²) in [5.41, 5.74) is 0.675. The molecule has 1 aliphatic heterocycles. The van der Waals surface area contributed by atoms with Gasteiger partial charge in [-0.2, -0.15) is 0 Å². The van der Waals surface area contributed by atoms with E-state index in [9.17, 15) is 23.1 Å². The first kappa shape index (κ1) is 18.4. The number of alkyl halides is 3. The Morgan fingerprint density at radius 3 is 2.67 bits per heavy atom. The van der Waals surface area contributed by atoms with Crippen molar-refractivity contribution in [2.45, 2.75) is 32.2 Å². The Kier molecular flexibility index (Phi) is 5.93. The van der Waals surface area contributed by atoms with Gasteiger partial charge in [-0.25, -0.2) is 4.79 Å². The smallest absolute Gasteiger partial charge is 0.406 e. The van der Waals surface area contributed by atoms with E-state index >= 15 is 0 Å². The SMILES string of the molecule is C[C@H](NC(=O)N1CCC[C@@H](CO)C1)c1ccc(OC(F)(F)F)cc1. The van der Waals surface area contributed by atoms with Crippen molar-refractivity contribution in [1.29, 1.82) is 0 Å². The maximum absolute atomic E-state index is 12.3. The lowest BCUT2D eigenvalue weighted by atomic mass is 9.99. The Balaban J connectivity index is 1.91. The molecule has 1 aromatic carbocycles. The number of aliphatic hydroxyl groups is 1. The minimum atomic E-state index is -4.72. The minimum absolute atomic E-state index is 0.0556. The Bertz CT molecular complexity index is 548. The Morgan fingerprint density at radius 2 is 2.08 bits per heavy atom. The van der Waals surface area contributed by atoms with Gasteiger partial charge in [-0.05, 0) is 43.4 Å². The van der Waals surface area contributed by atoms with Crippen LogP contribution < -0.4 is 10.1 Å². The summed E-state index contributed by atoms with van der Waals surface area (Å²) in [5.74, 6) is -0.204. The number of ether oxygens (including phenoxy) is 1. The predicted octanol–water partition coefficient (Wildman–Crippen LogP) is 3.06. The zero-order chi connectivity index (χ0) is 17.7. The summed E-state index contributed by atoms with van der Waals surface area (Å²) in [6, 6.07) is 4.81. The van der Waals surface area contributed by atoms with Gasteiger partial charge in [0.2, 0.25) is 0 Å². The van der Waals surface area contributed by atoms with Crippen molar-refractivity contribution in [1.82, 2.24) is 10.2 Å². The number of hydrogen-bond acceptors (Lipinski definition) is 3. The number of amides is 2. The van der Waals surface area contributed by atoms with Gasteiger partial charge in [0, 0.05) is 19.7 Å². The molecule has 5 nitrogen and oxygen atoms in total. The lowest BCUT2D eigenvalue weighted by Gasteiger charge is -2.32. The normalized spacial score (nSPS) is 19.7. The number of rotatable bonds is 4. The second-order valence-electron chi connectivity index (χ2n) is 5.92. The van der Waals surface area contributed by atoms with Gasteiger partial charge in [-0.3, -0.25) is 0 Å². The van der Waals surface area contributed by atoms with Crippen molar-refractivity contribution < 1.29 is 27.8 Å². The summed E-state index contributed by atoms with van der Waals surface area (Å²) in [7, 11) is 0. The van der Waals surface area contributed by atoms with Gasteiger partial charge in [0.25, 0.3) is 0 Å². The highest BCUT2D eigenvalue weighted by atomic mass is 19.4. The third kappa shape index (κ3) is 5.30.